The van der Waals surface area contributed by atoms with Crippen LogP contribution < -0.4 is 11.3 Å². The minimum Gasteiger partial charge on any atom is -0.368 e. The third-order valence-electron chi connectivity index (χ3n) is 4.82. The summed E-state index contributed by atoms with van der Waals surface area (Å²) in [5.74, 6) is 0.269. The lowest BCUT2D eigenvalue weighted by Crippen LogP contribution is -2.31. The zero-order valence-electron chi connectivity index (χ0n) is 16.7. The zero-order valence-corrected chi connectivity index (χ0v) is 17.5. The van der Waals surface area contributed by atoms with Gasteiger partial charge in [0.1, 0.15) is 12.4 Å². The van der Waals surface area contributed by atoms with E-state index in [1.54, 1.807) is 24.4 Å². The topological polar surface area (TPSA) is 95.8 Å². The molecule has 0 aliphatic heterocycles. The van der Waals surface area contributed by atoms with Crippen molar-refractivity contribution in [3.8, 4) is 5.69 Å². The number of imidazole rings is 1. The number of aryl methyl sites for hydroxylation is 2. The Bertz CT molecular complexity index is 1310. The molecule has 152 valence electrons. The molecule has 0 radical (unpaired) electrons. The summed E-state index contributed by atoms with van der Waals surface area (Å²) in [5, 5.41) is 1.24. The first-order valence-electron chi connectivity index (χ1n) is 9.44. The molecule has 8 heteroatoms. The zero-order chi connectivity index (χ0) is 21.3. The third-order valence-corrected chi connectivity index (χ3v) is 5.78. The molecular formula is C22H21N5O2S. The van der Waals surface area contributed by atoms with Gasteiger partial charge in [-0.1, -0.05) is 36.0 Å². The molecule has 0 saturated heterocycles. The van der Waals surface area contributed by atoms with Crippen LogP contribution in [0.4, 0.5) is 0 Å². The Labute approximate surface area is 177 Å². The van der Waals surface area contributed by atoms with Gasteiger partial charge in [0, 0.05) is 12.4 Å². The molecule has 2 aromatic carbocycles. The Morgan fingerprint density at radius 2 is 1.97 bits per heavy atom. The Balaban J connectivity index is 1.71. The number of carbonyl (C=O) groups is 1. The van der Waals surface area contributed by atoms with Crippen molar-refractivity contribution in [1.82, 2.24) is 19.1 Å². The number of fused-ring (bicyclic) bond motifs is 1. The lowest BCUT2D eigenvalue weighted by atomic mass is 10.1. The lowest BCUT2D eigenvalue weighted by Gasteiger charge is -2.13. The maximum atomic E-state index is 12.9. The van der Waals surface area contributed by atoms with Gasteiger partial charge in [0.25, 0.3) is 5.56 Å². The highest BCUT2D eigenvalue weighted by molar-refractivity contribution is 7.98. The first-order valence-corrected chi connectivity index (χ1v) is 10.4. The molecule has 0 aliphatic rings. The van der Waals surface area contributed by atoms with Crippen molar-refractivity contribution < 1.29 is 4.79 Å². The van der Waals surface area contributed by atoms with Gasteiger partial charge < -0.3 is 5.73 Å². The number of benzene rings is 2. The Hall–Kier alpha value is -3.39. The van der Waals surface area contributed by atoms with Crippen LogP contribution in [-0.2, 0) is 17.1 Å². The quantitative estimate of drug-likeness (QED) is 0.485. The number of rotatable bonds is 6. The number of primary amides is 1. The number of hydrogen-bond acceptors (Lipinski definition) is 5. The first kappa shape index (κ1) is 19.9. The summed E-state index contributed by atoms with van der Waals surface area (Å²) >= 11 is 1.45. The summed E-state index contributed by atoms with van der Waals surface area (Å²) < 4.78 is 3.37. The van der Waals surface area contributed by atoms with Crippen LogP contribution >= 0.6 is 11.8 Å². The maximum Gasteiger partial charge on any atom is 0.261 e. The number of aromatic nitrogens is 4. The summed E-state index contributed by atoms with van der Waals surface area (Å²) in [6.45, 7) is 3.89. The van der Waals surface area contributed by atoms with E-state index in [-0.39, 0.29) is 12.1 Å². The molecule has 30 heavy (non-hydrogen) atoms. The monoisotopic (exact) mass is 419 g/mol. The van der Waals surface area contributed by atoms with E-state index in [9.17, 15) is 9.59 Å². The van der Waals surface area contributed by atoms with Crippen molar-refractivity contribution in [2.24, 2.45) is 5.73 Å². The third kappa shape index (κ3) is 3.86. The second kappa shape index (κ2) is 8.16. The standard InChI is InChI=1S/C22H21N5O2S/c1-14-7-8-15(2)18(11-14)26-10-9-24-22(26)30-13-20-25-17-6-4-3-5-16(17)21(29)27(20)12-19(23)28/h3-11H,12-13H2,1-2H3,(H2,23,28). The van der Waals surface area contributed by atoms with E-state index in [2.05, 4.69) is 35.1 Å². The van der Waals surface area contributed by atoms with Gasteiger partial charge in [-0.3, -0.25) is 18.7 Å². The number of para-hydroxylation sites is 1. The molecule has 4 rings (SSSR count). The predicted molar refractivity (Wildman–Crippen MR) is 118 cm³/mol. The molecule has 2 heterocycles. The average Bonchev–Trinajstić information content (AvgIpc) is 3.19. The van der Waals surface area contributed by atoms with Crippen molar-refractivity contribution in [3.05, 3.63) is 82.2 Å². The second-order valence-corrected chi connectivity index (χ2v) is 8.00. The maximum absolute atomic E-state index is 12.9. The van der Waals surface area contributed by atoms with Crippen molar-refractivity contribution >= 4 is 28.6 Å². The minimum atomic E-state index is -0.586. The van der Waals surface area contributed by atoms with Crippen LogP contribution in [0.3, 0.4) is 0 Å². The van der Waals surface area contributed by atoms with Crippen molar-refractivity contribution in [1.29, 1.82) is 0 Å². The fourth-order valence-corrected chi connectivity index (χ4v) is 4.24. The molecule has 0 saturated carbocycles. The predicted octanol–water partition coefficient (Wildman–Crippen LogP) is 2.98. The largest absolute Gasteiger partial charge is 0.368 e. The number of nitrogens with zero attached hydrogens (tertiary/aromatic N) is 4. The van der Waals surface area contributed by atoms with Gasteiger partial charge in [0.2, 0.25) is 5.91 Å². The van der Waals surface area contributed by atoms with Crippen LogP contribution in [0.5, 0.6) is 0 Å². The number of carbonyl (C=O) groups excluding carboxylic acids is 1. The SMILES string of the molecule is Cc1ccc(C)c(-n2ccnc2SCc2nc3ccccc3c(=O)n2CC(N)=O)c1. The molecule has 0 atom stereocenters. The van der Waals surface area contributed by atoms with E-state index in [0.717, 1.165) is 22.0 Å². The number of amides is 1. The summed E-state index contributed by atoms with van der Waals surface area (Å²) in [7, 11) is 0. The van der Waals surface area contributed by atoms with Gasteiger partial charge in [-0.05, 0) is 43.2 Å². The Kier molecular flexibility index (Phi) is 5.41. The highest BCUT2D eigenvalue weighted by Crippen LogP contribution is 2.26. The van der Waals surface area contributed by atoms with Gasteiger partial charge in [-0.15, -0.1) is 0 Å². The molecule has 2 aromatic heterocycles. The molecule has 0 aliphatic carbocycles. The highest BCUT2D eigenvalue weighted by Gasteiger charge is 2.15. The van der Waals surface area contributed by atoms with Gasteiger partial charge in [-0.2, -0.15) is 0 Å². The van der Waals surface area contributed by atoms with Gasteiger partial charge in [-0.25, -0.2) is 9.97 Å². The fraction of sp³-hybridized carbons (Fsp3) is 0.182. The van der Waals surface area contributed by atoms with E-state index in [0.29, 0.717) is 22.5 Å². The molecular weight excluding hydrogens is 398 g/mol. The summed E-state index contributed by atoms with van der Waals surface area (Å²) in [6.07, 6.45) is 3.66. The minimum absolute atomic E-state index is 0.210. The lowest BCUT2D eigenvalue weighted by molar-refractivity contribution is -0.118. The average molecular weight is 420 g/mol. The van der Waals surface area contributed by atoms with Gasteiger partial charge >= 0.3 is 0 Å². The van der Waals surface area contributed by atoms with Crippen LogP contribution in [-0.4, -0.2) is 25.0 Å². The van der Waals surface area contributed by atoms with E-state index < -0.39 is 5.91 Å². The highest BCUT2D eigenvalue weighted by atomic mass is 32.2. The van der Waals surface area contributed by atoms with Crippen molar-refractivity contribution in [3.63, 3.8) is 0 Å². The van der Waals surface area contributed by atoms with Crippen LogP contribution in [0.15, 0.2) is 64.8 Å². The van der Waals surface area contributed by atoms with Gasteiger partial charge in [0.15, 0.2) is 5.16 Å². The molecule has 4 aromatic rings. The number of thioether (sulfide) groups is 1. The Morgan fingerprint density at radius 1 is 1.17 bits per heavy atom. The molecule has 0 spiro atoms. The molecule has 0 fully saturated rings. The number of nitrogens with two attached hydrogens (primary N) is 1. The molecule has 0 bridgehead atoms. The normalized spacial score (nSPS) is 11.1. The van der Waals surface area contributed by atoms with Crippen LogP contribution in [0.2, 0.25) is 0 Å². The van der Waals surface area contributed by atoms with E-state index in [1.807, 2.05) is 23.8 Å². The van der Waals surface area contributed by atoms with E-state index in [4.69, 9.17) is 5.73 Å². The van der Waals surface area contributed by atoms with Crippen LogP contribution in [0, 0.1) is 13.8 Å². The first-order chi connectivity index (χ1) is 14.4. The summed E-state index contributed by atoms with van der Waals surface area (Å²) in [6, 6.07) is 13.4. The van der Waals surface area contributed by atoms with E-state index >= 15 is 0 Å². The van der Waals surface area contributed by atoms with Crippen molar-refractivity contribution in [2.75, 3.05) is 0 Å². The van der Waals surface area contributed by atoms with Crippen molar-refractivity contribution in [2.45, 2.75) is 31.3 Å². The number of hydrogen-bond donors (Lipinski definition) is 1. The Morgan fingerprint density at radius 3 is 2.77 bits per heavy atom. The molecule has 2 N–H and O–H groups in total. The molecule has 0 unspecified atom stereocenters. The summed E-state index contributed by atoms with van der Waals surface area (Å²) in [5.41, 5.74) is 9.05. The van der Waals surface area contributed by atoms with Crippen LogP contribution in [0.1, 0.15) is 17.0 Å². The van der Waals surface area contributed by atoms with Crippen LogP contribution in [0.25, 0.3) is 16.6 Å². The fourth-order valence-electron chi connectivity index (χ4n) is 3.33. The molecule has 1 amide bonds. The van der Waals surface area contributed by atoms with E-state index in [1.165, 1.54) is 16.3 Å². The second-order valence-electron chi connectivity index (χ2n) is 7.06. The smallest absolute Gasteiger partial charge is 0.261 e. The molecule has 7 nitrogen and oxygen atoms in total. The summed E-state index contributed by atoms with van der Waals surface area (Å²) in [4.78, 5) is 33.6. The van der Waals surface area contributed by atoms with Gasteiger partial charge in [0.05, 0.1) is 22.3 Å².